The standard InChI is InChI=1S/C17H30N6O/c1-4-15-14(16(5-2)24-21-15)11-20-17(18-3)19-10-13-12-22-6-8-23(13)9-7-22/h13H,4-12H2,1-3H3,(H2,18,19,20). The SMILES string of the molecule is CCc1noc(CC)c1CNC(=NC)NCC1CN2CCN1CC2. The van der Waals surface area contributed by atoms with E-state index in [1.54, 1.807) is 0 Å². The molecule has 3 aliphatic rings. The second-order valence-electron chi connectivity index (χ2n) is 6.54. The van der Waals surface area contributed by atoms with Gasteiger partial charge in [-0.1, -0.05) is 19.0 Å². The molecule has 24 heavy (non-hydrogen) atoms. The van der Waals surface area contributed by atoms with Crippen LogP contribution in [0.5, 0.6) is 0 Å². The molecule has 1 unspecified atom stereocenters. The first-order valence-corrected chi connectivity index (χ1v) is 9.12. The second kappa shape index (κ2) is 7.98. The lowest BCUT2D eigenvalue weighted by molar-refractivity contribution is 0.0154. The van der Waals surface area contributed by atoms with Crippen LogP contribution in [0.3, 0.4) is 0 Å². The molecule has 0 aliphatic carbocycles. The van der Waals surface area contributed by atoms with Gasteiger partial charge in [-0.15, -0.1) is 0 Å². The number of guanidine groups is 1. The summed E-state index contributed by atoms with van der Waals surface area (Å²) in [5, 5.41) is 11.1. The molecule has 0 spiro atoms. The summed E-state index contributed by atoms with van der Waals surface area (Å²) in [7, 11) is 1.82. The summed E-state index contributed by atoms with van der Waals surface area (Å²) in [6.45, 7) is 11.8. The molecule has 0 aromatic carbocycles. The fourth-order valence-corrected chi connectivity index (χ4v) is 3.66. The van der Waals surface area contributed by atoms with Crippen molar-refractivity contribution in [1.82, 2.24) is 25.6 Å². The average molecular weight is 334 g/mol. The largest absolute Gasteiger partial charge is 0.361 e. The predicted molar refractivity (Wildman–Crippen MR) is 95.3 cm³/mol. The van der Waals surface area contributed by atoms with Gasteiger partial charge in [-0.25, -0.2) is 0 Å². The number of fused-ring (bicyclic) bond motifs is 3. The van der Waals surface area contributed by atoms with Crippen LogP contribution in [0.1, 0.15) is 30.9 Å². The molecule has 7 heteroatoms. The van der Waals surface area contributed by atoms with Gasteiger partial charge in [0.25, 0.3) is 0 Å². The van der Waals surface area contributed by atoms with Crippen molar-refractivity contribution in [3.63, 3.8) is 0 Å². The smallest absolute Gasteiger partial charge is 0.191 e. The molecular formula is C17H30N6O. The summed E-state index contributed by atoms with van der Waals surface area (Å²) < 4.78 is 5.43. The number of nitrogens with zero attached hydrogens (tertiary/aromatic N) is 4. The first-order chi connectivity index (χ1) is 11.7. The summed E-state index contributed by atoms with van der Waals surface area (Å²) in [6, 6.07) is 0.582. The zero-order valence-electron chi connectivity index (χ0n) is 15.1. The Morgan fingerprint density at radius 2 is 2.00 bits per heavy atom. The highest BCUT2D eigenvalue weighted by atomic mass is 16.5. The molecule has 0 saturated carbocycles. The van der Waals surface area contributed by atoms with Gasteiger partial charge in [0.15, 0.2) is 5.96 Å². The summed E-state index contributed by atoms with van der Waals surface area (Å²) in [4.78, 5) is 9.50. The molecule has 1 atom stereocenters. The maximum absolute atomic E-state index is 5.43. The van der Waals surface area contributed by atoms with Crippen LogP contribution in [-0.4, -0.2) is 73.3 Å². The average Bonchev–Trinajstić information content (AvgIpc) is 3.05. The van der Waals surface area contributed by atoms with Crippen LogP contribution in [-0.2, 0) is 19.4 Å². The van der Waals surface area contributed by atoms with Crippen molar-refractivity contribution in [2.45, 2.75) is 39.3 Å². The van der Waals surface area contributed by atoms with Crippen molar-refractivity contribution >= 4 is 5.96 Å². The summed E-state index contributed by atoms with van der Waals surface area (Å²) >= 11 is 0. The van der Waals surface area contributed by atoms with Crippen LogP contribution in [0.4, 0.5) is 0 Å². The number of hydrogen-bond acceptors (Lipinski definition) is 5. The molecule has 4 rings (SSSR count). The Bertz CT molecular complexity index is 540. The zero-order chi connectivity index (χ0) is 16.9. The van der Waals surface area contributed by atoms with Gasteiger partial charge in [-0.2, -0.15) is 0 Å². The number of piperazine rings is 3. The number of aromatic nitrogens is 1. The van der Waals surface area contributed by atoms with Crippen molar-refractivity contribution in [2.24, 2.45) is 4.99 Å². The molecule has 0 radical (unpaired) electrons. The van der Waals surface area contributed by atoms with Crippen LogP contribution in [0.25, 0.3) is 0 Å². The van der Waals surface area contributed by atoms with E-state index in [9.17, 15) is 0 Å². The second-order valence-corrected chi connectivity index (χ2v) is 6.54. The van der Waals surface area contributed by atoms with Crippen LogP contribution >= 0.6 is 0 Å². The van der Waals surface area contributed by atoms with Crippen LogP contribution in [0.2, 0.25) is 0 Å². The lowest BCUT2D eigenvalue weighted by Crippen LogP contribution is -2.63. The third-order valence-corrected chi connectivity index (χ3v) is 5.16. The van der Waals surface area contributed by atoms with Crippen molar-refractivity contribution < 1.29 is 4.52 Å². The van der Waals surface area contributed by atoms with E-state index in [1.807, 2.05) is 7.05 Å². The van der Waals surface area contributed by atoms with E-state index < -0.39 is 0 Å². The summed E-state index contributed by atoms with van der Waals surface area (Å²) in [5.74, 6) is 1.82. The lowest BCUT2D eigenvalue weighted by Gasteiger charge is -2.47. The van der Waals surface area contributed by atoms with Crippen LogP contribution in [0, 0.1) is 0 Å². The van der Waals surface area contributed by atoms with Gasteiger partial charge in [0.1, 0.15) is 5.76 Å². The van der Waals surface area contributed by atoms with E-state index in [-0.39, 0.29) is 0 Å². The molecule has 7 nitrogen and oxygen atoms in total. The fraction of sp³-hybridized carbons (Fsp3) is 0.765. The predicted octanol–water partition coefficient (Wildman–Crippen LogP) is 0.464. The van der Waals surface area contributed by atoms with E-state index >= 15 is 0 Å². The molecule has 3 fully saturated rings. The van der Waals surface area contributed by atoms with E-state index in [1.165, 1.54) is 31.7 Å². The third-order valence-electron chi connectivity index (χ3n) is 5.16. The molecule has 3 aliphatic heterocycles. The van der Waals surface area contributed by atoms with Crippen molar-refractivity contribution in [2.75, 3.05) is 46.3 Å². The first kappa shape index (κ1) is 17.2. The topological polar surface area (TPSA) is 68.9 Å². The first-order valence-electron chi connectivity index (χ1n) is 9.12. The minimum Gasteiger partial charge on any atom is -0.361 e. The van der Waals surface area contributed by atoms with Crippen molar-refractivity contribution in [1.29, 1.82) is 0 Å². The number of aliphatic imine (C=N–C) groups is 1. The number of aryl methyl sites for hydroxylation is 2. The molecule has 3 saturated heterocycles. The Hall–Kier alpha value is -1.60. The highest BCUT2D eigenvalue weighted by molar-refractivity contribution is 5.79. The van der Waals surface area contributed by atoms with E-state index in [2.05, 4.69) is 44.4 Å². The van der Waals surface area contributed by atoms with Gasteiger partial charge >= 0.3 is 0 Å². The molecule has 0 amide bonds. The van der Waals surface area contributed by atoms with Crippen LogP contribution in [0.15, 0.2) is 9.52 Å². The Labute approximate surface area is 144 Å². The van der Waals surface area contributed by atoms with Gasteiger partial charge in [-0.05, 0) is 6.42 Å². The molecular weight excluding hydrogens is 304 g/mol. The minimum absolute atomic E-state index is 0.582. The van der Waals surface area contributed by atoms with E-state index in [4.69, 9.17) is 4.52 Å². The molecule has 134 valence electrons. The quantitative estimate of drug-likeness (QED) is 0.582. The van der Waals surface area contributed by atoms with Gasteiger partial charge in [-0.3, -0.25) is 14.8 Å². The lowest BCUT2D eigenvalue weighted by atomic mass is 10.1. The Kier molecular flexibility index (Phi) is 5.73. The van der Waals surface area contributed by atoms with Crippen molar-refractivity contribution in [3.8, 4) is 0 Å². The molecule has 2 bridgehead atoms. The van der Waals surface area contributed by atoms with Gasteiger partial charge in [0, 0.05) is 70.9 Å². The number of hydrogen-bond donors (Lipinski definition) is 2. The van der Waals surface area contributed by atoms with Crippen LogP contribution < -0.4 is 10.6 Å². The molecule has 1 aromatic rings. The summed E-state index contributed by atoms with van der Waals surface area (Å²) in [6.07, 6.45) is 1.75. The number of nitrogens with one attached hydrogen (secondary N) is 2. The number of rotatable bonds is 6. The maximum atomic E-state index is 5.43. The zero-order valence-corrected chi connectivity index (χ0v) is 15.1. The van der Waals surface area contributed by atoms with Crippen molar-refractivity contribution in [3.05, 3.63) is 17.0 Å². The van der Waals surface area contributed by atoms with E-state index in [0.717, 1.165) is 43.3 Å². The normalized spacial score (nSPS) is 26.6. The third kappa shape index (κ3) is 3.72. The fourth-order valence-electron chi connectivity index (χ4n) is 3.66. The summed E-state index contributed by atoms with van der Waals surface area (Å²) in [5.41, 5.74) is 2.22. The monoisotopic (exact) mass is 334 g/mol. The van der Waals surface area contributed by atoms with Gasteiger partial charge in [0.05, 0.1) is 5.69 Å². The minimum atomic E-state index is 0.582. The van der Waals surface area contributed by atoms with E-state index in [0.29, 0.717) is 12.6 Å². The Balaban J connectivity index is 1.51. The molecule has 4 heterocycles. The maximum Gasteiger partial charge on any atom is 0.191 e. The van der Waals surface area contributed by atoms with Gasteiger partial charge < -0.3 is 15.2 Å². The molecule has 1 aromatic heterocycles. The Morgan fingerprint density at radius 1 is 1.21 bits per heavy atom. The van der Waals surface area contributed by atoms with Gasteiger partial charge in [0.2, 0.25) is 0 Å². The Morgan fingerprint density at radius 3 is 2.58 bits per heavy atom. The molecule has 2 N–H and O–H groups in total. The highest BCUT2D eigenvalue weighted by Crippen LogP contribution is 2.16. The highest BCUT2D eigenvalue weighted by Gasteiger charge is 2.31.